The zero-order chi connectivity index (χ0) is 14.9. The van der Waals surface area contributed by atoms with Gasteiger partial charge in [-0.15, -0.1) is 0 Å². The van der Waals surface area contributed by atoms with E-state index in [-0.39, 0.29) is 11.3 Å². The summed E-state index contributed by atoms with van der Waals surface area (Å²) in [6, 6.07) is 8.97. The second-order valence-corrected chi connectivity index (χ2v) is 4.33. The van der Waals surface area contributed by atoms with Crippen LogP contribution in [0.2, 0.25) is 0 Å². The largest absolute Gasteiger partial charge is 0.419 e. The summed E-state index contributed by atoms with van der Waals surface area (Å²) in [6.07, 6.45) is -4.75. The Labute approximate surface area is 112 Å². The zero-order valence-electron chi connectivity index (χ0n) is 10.5. The van der Waals surface area contributed by atoms with Crippen molar-refractivity contribution in [2.24, 2.45) is 0 Å². The van der Waals surface area contributed by atoms with Gasteiger partial charge in [0.15, 0.2) is 5.78 Å². The summed E-state index contributed by atoms with van der Waals surface area (Å²) in [7, 11) is 0. The third-order valence-electron chi connectivity index (χ3n) is 2.87. The molecule has 0 N–H and O–H groups in total. The Morgan fingerprint density at radius 3 is 2.25 bits per heavy atom. The average Bonchev–Trinajstić information content (AvgIpc) is 2.38. The van der Waals surface area contributed by atoms with E-state index in [0.717, 1.165) is 12.1 Å². The maximum atomic E-state index is 13.2. The molecule has 0 spiro atoms. The van der Waals surface area contributed by atoms with Gasteiger partial charge in [0.25, 0.3) is 0 Å². The topological polar surface area (TPSA) is 17.1 Å². The first-order chi connectivity index (χ1) is 9.29. The van der Waals surface area contributed by atoms with Crippen molar-refractivity contribution in [1.29, 1.82) is 0 Å². The van der Waals surface area contributed by atoms with Crippen LogP contribution in [0.4, 0.5) is 17.6 Å². The van der Waals surface area contributed by atoms with Crippen LogP contribution in [-0.2, 0) is 6.18 Å². The van der Waals surface area contributed by atoms with Crippen LogP contribution in [0.5, 0.6) is 0 Å². The first-order valence-corrected chi connectivity index (χ1v) is 5.77. The van der Waals surface area contributed by atoms with Crippen molar-refractivity contribution in [1.82, 2.24) is 0 Å². The van der Waals surface area contributed by atoms with Gasteiger partial charge in [-0.2, -0.15) is 13.2 Å². The molecule has 104 valence electrons. The molecule has 0 atom stereocenters. The number of hydrogen-bond acceptors (Lipinski definition) is 1. The van der Waals surface area contributed by atoms with Gasteiger partial charge in [-0.3, -0.25) is 4.79 Å². The van der Waals surface area contributed by atoms with Gasteiger partial charge in [-0.1, -0.05) is 24.3 Å². The highest BCUT2D eigenvalue weighted by atomic mass is 19.4. The number of benzene rings is 2. The first-order valence-electron chi connectivity index (χ1n) is 5.77. The Morgan fingerprint density at radius 2 is 1.65 bits per heavy atom. The minimum atomic E-state index is -4.75. The molecule has 0 fully saturated rings. The predicted octanol–water partition coefficient (Wildman–Crippen LogP) is 4.71. The van der Waals surface area contributed by atoms with Crippen LogP contribution >= 0.6 is 0 Å². The minimum absolute atomic E-state index is 0.190. The lowest BCUT2D eigenvalue weighted by Crippen LogP contribution is -2.08. The van der Waals surface area contributed by atoms with Crippen molar-refractivity contribution >= 4 is 5.78 Å². The van der Waals surface area contributed by atoms with Crippen LogP contribution in [-0.4, -0.2) is 5.78 Å². The smallest absolute Gasteiger partial charge is 0.295 e. The molecular formula is C15H10F4O. The lowest BCUT2D eigenvalue weighted by molar-refractivity contribution is -0.139. The van der Waals surface area contributed by atoms with Crippen molar-refractivity contribution in [3.63, 3.8) is 0 Å². The number of rotatable bonds is 2. The van der Waals surface area contributed by atoms with E-state index < -0.39 is 17.6 Å². The highest BCUT2D eigenvalue weighted by Crippen LogP contribution is 2.34. The van der Waals surface area contributed by atoms with Gasteiger partial charge < -0.3 is 0 Å². The lowest BCUT2D eigenvalue weighted by atomic mass is 9.99. The van der Waals surface area contributed by atoms with Gasteiger partial charge in [-0.05, 0) is 36.2 Å². The normalized spacial score (nSPS) is 11.4. The number of carbonyl (C=O) groups is 1. The van der Waals surface area contributed by atoms with Crippen molar-refractivity contribution in [2.75, 3.05) is 0 Å². The van der Waals surface area contributed by atoms with E-state index in [1.807, 2.05) is 0 Å². The molecule has 1 nitrogen and oxygen atoms in total. The molecule has 0 saturated heterocycles. The molecule has 5 heteroatoms. The number of hydrogen-bond donors (Lipinski definition) is 0. The van der Waals surface area contributed by atoms with Crippen LogP contribution in [0, 0.1) is 5.82 Å². The molecule has 0 heterocycles. The molecule has 0 aliphatic heterocycles. The molecule has 0 amide bonds. The standard InChI is InChI=1S/C15H10F4O/c1-9(20)10-3-2-4-11(7-10)12-5-6-14(16)13(8-12)15(17,18)19/h2-8H,1H3. The zero-order valence-corrected chi connectivity index (χ0v) is 10.5. The van der Waals surface area contributed by atoms with E-state index >= 15 is 0 Å². The fraction of sp³-hybridized carbons (Fsp3) is 0.133. The van der Waals surface area contributed by atoms with E-state index in [1.54, 1.807) is 18.2 Å². The molecule has 0 unspecified atom stereocenters. The Bertz CT molecular complexity index is 659. The van der Waals surface area contributed by atoms with Gasteiger partial charge in [0.05, 0.1) is 5.56 Å². The number of halogens is 4. The van der Waals surface area contributed by atoms with E-state index in [9.17, 15) is 22.4 Å². The summed E-state index contributed by atoms with van der Waals surface area (Å²) < 4.78 is 51.2. The summed E-state index contributed by atoms with van der Waals surface area (Å²) >= 11 is 0. The maximum absolute atomic E-state index is 13.2. The van der Waals surface area contributed by atoms with Crippen LogP contribution in [0.15, 0.2) is 42.5 Å². The van der Waals surface area contributed by atoms with E-state index in [4.69, 9.17) is 0 Å². The lowest BCUT2D eigenvalue weighted by Gasteiger charge is -2.10. The van der Waals surface area contributed by atoms with E-state index in [1.165, 1.54) is 19.1 Å². The third-order valence-corrected chi connectivity index (χ3v) is 2.87. The molecule has 0 saturated carbocycles. The molecule has 20 heavy (non-hydrogen) atoms. The number of ketones is 1. The average molecular weight is 282 g/mol. The van der Waals surface area contributed by atoms with Crippen LogP contribution in [0.1, 0.15) is 22.8 Å². The second kappa shape index (κ2) is 5.07. The van der Waals surface area contributed by atoms with E-state index in [0.29, 0.717) is 11.1 Å². The van der Waals surface area contributed by atoms with Crippen molar-refractivity contribution in [3.05, 3.63) is 59.4 Å². The van der Waals surface area contributed by atoms with Crippen LogP contribution in [0.25, 0.3) is 11.1 Å². The summed E-state index contributed by atoms with van der Waals surface area (Å²) in [5, 5.41) is 0. The molecular weight excluding hydrogens is 272 g/mol. The van der Waals surface area contributed by atoms with Crippen LogP contribution in [0.3, 0.4) is 0 Å². The SMILES string of the molecule is CC(=O)c1cccc(-c2ccc(F)c(C(F)(F)F)c2)c1. The minimum Gasteiger partial charge on any atom is -0.295 e. The first kappa shape index (κ1) is 14.2. The van der Waals surface area contributed by atoms with Crippen LogP contribution < -0.4 is 0 Å². The van der Waals surface area contributed by atoms with Gasteiger partial charge in [0.1, 0.15) is 5.82 Å². The van der Waals surface area contributed by atoms with Crippen molar-refractivity contribution in [2.45, 2.75) is 13.1 Å². The second-order valence-electron chi connectivity index (χ2n) is 4.33. The molecule has 2 aromatic rings. The third kappa shape index (κ3) is 2.87. The Kier molecular flexibility index (Phi) is 3.61. The molecule has 0 aliphatic rings. The van der Waals surface area contributed by atoms with Crippen molar-refractivity contribution < 1.29 is 22.4 Å². The summed E-state index contributed by atoms with van der Waals surface area (Å²) in [6.45, 7) is 1.37. The summed E-state index contributed by atoms with van der Waals surface area (Å²) in [5.41, 5.74) is -0.284. The van der Waals surface area contributed by atoms with Crippen molar-refractivity contribution in [3.8, 4) is 11.1 Å². The molecule has 0 aliphatic carbocycles. The molecule has 0 bridgehead atoms. The fourth-order valence-corrected chi connectivity index (χ4v) is 1.84. The number of carbonyl (C=O) groups excluding carboxylic acids is 1. The highest BCUT2D eigenvalue weighted by molar-refractivity contribution is 5.95. The molecule has 0 radical (unpaired) electrons. The predicted molar refractivity (Wildman–Crippen MR) is 66.8 cm³/mol. The number of alkyl halides is 3. The monoisotopic (exact) mass is 282 g/mol. The number of Topliss-reactive ketones (excluding diaryl/α,β-unsaturated/α-hetero) is 1. The highest BCUT2D eigenvalue weighted by Gasteiger charge is 2.34. The summed E-state index contributed by atoms with van der Waals surface area (Å²) in [5.74, 6) is -1.51. The summed E-state index contributed by atoms with van der Waals surface area (Å²) in [4.78, 5) is 11.3. The van der Waals surface area contributed by atoms with Gasteiger partial charge in [-0.25, -0.2) is 4.39 Å². The Morgan fingerprint density at radius 1 is 1.00 bits per heavy atom. The molecule has 0 aromatic heterocycles. The van der Waals surface area contributed by atoms with E-state index in [2.05, 4.69) is 0 Å². The molecule has 2 rings (SSSR count). The quantitative estimate of drug-likeness (QED) is 0.575. The van der Waals surface area contributed by atoms with Gasteiger partial charge >= 0.3 is 6.18 Å². The van der Waals surface area contributed by atoms with Gasteiger partial charge in [0, 0.05) is 5.56 Å². The fourth-order valence-electron chi connectivity index (χ4n) is 1.84. The van der Waals surface area contributed by atoms with Gasteiger partial charge in [0.2, 0.25) is 0 Å². The maximum Gasteiger partial charge on any atom is 0.419 e. The Balaban J connectivity index is 2.54. The Hall–Kier alpha value is -2.17. The molecule has 2 aromatic carbocycles.